The summed E-state index contributed by atoms with van der Waals surface area (Å²) in [7, 11) is -0.919. The van der Waals surface area contributed by atoms with Crippen molar-refractivity contribution in [1.82, 2.24) is 18.8 Å². The summed E-state index contributed by atoms with van der Waals surface area (Å²) in [5, 5.41) is 3.02. The molecule has 2 aliphatic heterocycles. The summed E-state index contributed by atoms with van der Waals surface area (Å²) in [5.74, 6) is -0.426. The van der Waals surface area contributed by atoms with Crippen molar-refractivity contribution in [3.05, 3.63) is 0 Å². The molecule has 9 nitrogen and oxygen atoms in total. The fourth-order valence-electron chi connectivity index (χ4n) is 3.06. The first kappa shape index (κ1) is 19.1. The molecule has 10 heteroatoms. The molecule has 0 saturated carbocycles. The lowest BCUT2D eigenvalue weighted by Gasteiger charge is -2.41. The van der Waals surface area contributed by atoms with Crippen LogP contribution in [0.3, 0.4) is 0 Å². The fourth-order valence-corrected chi connectivity index (χ4v) is 4.49. The third-order valence-electron chi connectivity index (χ3n) is 4.50. The molecule has 1 atom stereocenters. The number of esters is 1. The molecule has 0 aromatic carbocycles. The average Bonchev–Trinajstić information content (AvgIpc) is 2.59. The molecule has 0 radical (unpaired) electrons. The number of piperazine rings is 1. The molecule has 0 spiro atoms. The lowest BCUT2D eigenvalue weighted by atomic mass is 10.1. The molecule has 1 unspecified atom stereocenters. The van der Waals surface area contributed by atoms with Crippen LogP contribution < -0.4 is 5.32 Å². The Labute approximate surface area is 143 Å². The zero-order valence-corrected chi connectivity index (χ0v) is 15.0. The van der Waals surface area contributed by atoms with E-state index < -0.39 is 16.2 Å². The van der Waals surface area contributed by atoms with Gasteiger partial charge in [-0.05, 0) is 12.8 Å². The van der Waals surface area contributed by atoms with Crippen molar-refractivity contribution in [2.24, 2.45) is 0 Å². The van der Waals surface area contributed by atoms with Crippen LogP contribution in [0.1, 0.15) is 19.3 Å². The van der Waals surface area contributed by atoms with E-state index in [0.717, 1.165) is 13.0 Å². The molecule has 0 aromatic heterocycles. The van der Waals surface area contributed by atoms with E-state index in [0.29, 0.717) is 32.6 Å². The van der Waals surface area contributed by atoms with Crippen molar-refractivity contribution in [2.75, 3.05) is 53.4 Å². The number of ether oxygens (including phenoxy) is 1. The van der Waals surface area contributed by atoms with Gasteiger partial charge < -0.3 is 15.0 Å². The molecule has 1 amide bonds. The Kier molecular flexibility index (Phi) is 6.55. The highest BCUT2D eigenvalue weighted by Crippen LogP contribution is 2.21. The molecule has 2 fully saturated rings. The largest absolute Gasteiger partial charge is 0.469 e. The van der Waals surface area contributed by atoms with Gasteiger partial charge in [0.2, 0.25) is 5.91 Å². The van der Waals surface area contributed by atoms with Crippen molar-refractivity contribution >= 4 is 22.1 Å². The van der Waals surface area contributed by atoms with Crippen LogP contribution >= 0.6 is 0 Å². The minimum Gasteiger partial charge on any atom is -0.469 e. The van der Waals surface area contributed by atoms with Gasteiger partial charge in [-0.15, -0.1) is 0 Å². The molecule has 2 saturated heterocycles. The van der Waals surface area contributed by atoms with Crippen molar-refractivity contribution in [1.29, 1.82) is 0 Å². The van der Waals surface area contributed by atoms with E-state index in [9.17, 15) is 18.0 Å². The Morgan fingerprint density at radius 3 is 2.83 bits per heavy atom. The van der Waals surface area contributed by atoms with Gasteiger partial charge in [0, 0.05) is 45.8 Å². The predicted octanol–water partition coefficient (Wildman–Crippen LogP) is -1.38. The molecular formula is C14H26N4O5S. The fraction of sp³-hybridized carbons (Fsp3) is 0.857. The zero-order chi connectivity index (χ0) is 17.7. The smallest absolute Gasteiger partial charge is 0.306 e. The van der Waals surface area contributed by atoms with E-state index in [-0.39, 0.29) is 24.9 Å². The van der Waals surface area contributed by atoms with Gasteiger partial charge in [-0.3, -0.25) is 9.59 Å². The first-order chi connectivity index (χ1) is 11.4. The minimum absolute atomic E-state index is 0.0137. The first-order valence-electron chi connectivity index (χ1n) is 8.14. The van der Waals surface area contributed by atoms with Crippen LogP contribution in [-0.4, -0.2) is 93.3 Å². The van der Waals surface area contributed by atoms with Crippen LogP contribution in [0.25, 0.3) is 0 Å². The number of methoxy groups -OCH3 is 1. The van der Waals surface area contributed by atoms with Crippen molar-refractivity contribution < 1.29 is 22.7 Å². The van der Waals surface area contributed by atoms with Crippen LogP contribution in [-0.2, 0) is 24.5 Å². The number of nitrogens with one attached hydrogen (secondary N) is 1. The van der Waals surface area contributed by atoms with Crippen molar-refractivity contribution in [2.45, 2.75) is 25.3 Å². The normalized spacial score (nSPS) is 23.5. The van der Waals surface area contributed by atoms with Crippen molar-refractivity contribution in [3.8, 4) is 0 Å². The Morgan fingerprint density at radius 2 is 2.17 bits per heavy atom. The molecule has 138 valence electrons. The van der Waals surface area contributed by atoms with Gasteiger partial charge in [0.1, 0.15) is 0 Å². The number of rotatable bonds is 6. The summed E-state index contributed by atoms with van der Waals surface area (Å²) in [6, 6.07) is -0.0860. The Morgan fingerprint density at radius 1 is 1.42 bits per heavy atom. The Balaban J connectivity index is 1.99. The summed E-state index contributed by atoms with van der Waals surface area (Å²) in [5.41, 5.74) is 0. The first-order valence-corrected chi connectivity index (χ1v) is 9.54. The maximum atomic E-state index is 12.7. The van der Waals surface area contributed by atoms with Crippen LogP contribution in [0.2, 0.25) is 0 Å². The molecule has 2 heterocycles. The third kappa shape index (κ3) is 4.44. The van der Waals surface area contributed by atoms with Crippen molar-refractivity contribution in [3.63, 3.8) is 0 Å². The van der Waals surface area contributed by atoms with E-state index in [2.05, 4.69) is 10.1 Å². The van der Waals surface area contributed by atoms with E-state index in [1.54, 1.807) is 4.90 Å². The van der Waals surface area contributed by atoms with E-state index in [1.807, 2.05) is 0 Å². The predicted molar refractivity (Wildman–Crippen MR) is 87.4 cm³/mol. The number of hydrogen-bond acceptors (Lipinski definition) is 6. The van der Waals surface area contributed by atoms with Crippen LogP contribution in [0.5, 0.6) is 0 Å². The highest BCUT2D eigenvalue weighted by molar-refractivity contribution is 7.86. The topological polar surface area (TPSA) is 99.3 Å². The summed E-state index contributed by atoms with van der Waals surface area (Å²) in [4.78, 5) is 25.0. The number of amides is 1. The number of piperidine rings is 1. The summed E-state index contributed by atoms with van der Waals surface area (Å²) < 4.78 is 32.5. The molecule has 2 rings (SSSR count). The molecular weight excluding hydrogens is 336 g/mol. The van der Waals surface area contributed by atoms with Crippen LogP contribution in [0.15, 0.2) is 0 Å². The number of hydrogen-bond donors (Lipinski definition) is 1. The maximum Gasteiger partial charge on any atom is 0.306 e. The second-order valence-electron chi connectivity index (χ2n) is 6.07. The van der Waals surface area contributed by atoms with Gasteiger partial charge in [0.15, 0.2) is 0 Å². The number of carbonyl (C=O) groups excluding carboxylic acids is 2. The summed E-state index contributed by atoms with van der Waals surface area (Å²) >= 11 is 0. The molecule has 0 aliphatic carbocycles. The highest BCUT2D eigenvalue weighted by atomic mass is 32.2. The Bertz CT molecular complexity index is 568. The summed E-state index contributed by atoms with van der Waals surface area (Å²) in [6.07, 6.45) is 1.54. The average molecular weight is 362 g/mol. The van der Waals surface area contributed by atoms with E-state index in [1.165, 1.54) is 22.8 Å². The minimum atomic E-state index is -3.65. The SMILES string of the molecule is COC(=O)CCN(C)S(=O)(=O)N1CCCC(N2CCNCC2=O)C1. The molecule has 2 aliphatic rings. The third-order valence-corrected chi connectivity index (χ3v) is 6.46. The molecule has 24 heavy (non-hydrogen) atoms. The highest BCUT2D eigenvalue weighted by Gasteiger charge is 2.36. The second-order valence-corrected chi connectivity index (χ2v) is 8.11. The van der Waals surface area contributed by atoms with Gasteiger partial charge in [0.25, 0.3) is 10.2 Å². The summed E-state index contributed by atoms with van der Waals surface area (Å²) in [6.45, 7) is 2.45. The number of nitrogens with zero attached hydrogens (tertiary/aromatic N) is 3. The monoisotopic (exact) mass is 362 g/mol. The van der Waals surface area contributed by atoms with E-state index in [4.69, 9.17) is 0 Å². The molecule has 1 N–H and O–H groups in total. The van der Waals surface area contributed by atoms with Gasteiger partial charge in [-0.1, -0.05) is 0 Å². The quantitative estimate of drug-likeness (QED) is 0.585. The number of carbonyl (C=O) groups is 2. The Hall–Kier alpha value is -1.23. The lowest BCUT2D eigenvalue weighted by Crippen LogP contribution is -2.58. The second kappa shape index (κ2) is 8.24. The van der Waals surface area contributed by atoms with Gasteiger partial charge in [0.05, 0.1) is 20.1 Å². The van der Waals surface area contributed by atoms with Crippen LogP contribution in [0.4, 0.5) is 0 Å². The zero-order valence-electron chi connectivity index (χ0n) is 14.2. The molecule has 0 aromatic rings. The molecule has 0 bridgehead atoms. The maximum absolute atomic E-state index is 12.7. The van der Waals surface area contributed by atoms with Gasteiger partial charge in [-0.25, -0.2) is 0 Å². The van der Waals surface area contributed by atoms with Crippen LogP contribution in [0, 0.1) is 0 Å². The van der Waals surface area contributed by atoms with E-state index >= 15 is 0 Å². The lowest BCUT2D eigenvalue weighted by molar-refractivity contribution is -0.140. The van der Waals surface area contributed by atoms with Gasteiger partial charge in [-0.2, -0.15) is 17.0 Å². The van der Waals surface area contributed by atoms with Gasteiger partial charge >= 0.3 is 5.97 Å². The standard InChI is InChI=1S/C14H26N4O5S/c1-16(8-5-14(20)23-2)24(21,22)17-7-3-4-12(11-17)18-9-6-15-10-13(18)19/h12,15H,3-11H2,1-2H3.